The first kappa shape index (κ1) is 24.8. The van der Waals surface area contributed by atoms with E-state index in [1.807, 2.05) is 13.8 Å². The molecule has 2 atom stereocenters. The summed E-state index contributed by atoms with van der Waals surface area (Å²) in [6, 6.07) is 7.19. The van der Waals surface area contributed by atoms with E-state index in [1.165, 1.54) is 14.2 Å². The van der Waals surface area contributed by atoms with Crippen LogP contribution in [0.2, 0.25) is 0 Å². The second-order valence-electron chi connectivity index (χ2n) is 7.20. The van der Waals surface area contributed by atoms with Gasteiger partial charge < -0.3 is 20.1 Å². The summed E-state index contributed by atoms with van der Waals surface area (Å²) in [6.45, 7) is 4.49. The lowest BCUT2D eigenvalue weighted by Crippen LogP contribution is -2.44. The maximum atomic E-state index is 12.8. The maximum Gasteiger partial charge on any atom is 0.319 e. The van der Waals surface area contributed by atoms with Gasteiger partial charge in [-0.15, -0.1) is 0 Å². The Balaban J connectivity index is 2.44. The highest BCUT2D eigenvalue weighted by atomic mass is 79.9. The maximum absolute atomic E-state index is 12.8. The van der Waals surface area contributed by atoms with Gasteiger partial charge in [0.2, 0.25) is 11.8 Å². The number of thioether (sulfide) groups is 1. The number of hydrogen-bond donors (Lipinski definition) is 2. The van der Waals surface area contributed by atoms with Crippen LogP contribution in [-0.4, -0.2) is 44.3 Å². The zero-order valence-corrected chi connectivity index (χ0v) is 20.1. The Labute approximate surface area is 193 Å². The molecule has 2 rings (SSSR count). The van der Waals surface area contributed by atoms with Crippen molar-refractivity contribution in [2.75, 3.05) is 26.5 Å². The second-order valence-corrected chi connectivity index (χ2v) is 9.04. The molecule has 1 aromatic rings. The van der Waals surface area contributed by atoms with Crippen molar-refractivity contribution in [3.8, 4) is 11.8 Å². The molecule has 1 aliphatic rings. The molecule has 0 bridgehead atoms. The lowest BCUT2D eigenvalue weighted by atomic mass is 9.78. The third-order valence-electron chi connectivity index (χ3n) is 4.57. The fourth-order valence-corrected chi connectivity index (χ4v) is 4.50. The molecule has 0 saturated heterocycles. The number of carbonyl (C=O) groups is 3. The van der Waals surface area contributed by atoms with Crippen LogP contribution in [-0.2, 0) is 19.1 Å². The third kappa shape index (κ3) is 6.02. The van der Waals surface area contributed by atoms with Gasteiger partial charge in [0.1, 0.15) is 11.7 Å². The van der Waals surface area contributed by atoms with E-state index in [-0.39, 0.29) is 22.3 Å². The van der Waals surface area contributed by atoms with Crippen LogP contribution in [0, 0.1) is 23.2 Å². The zero-order valence-electron chi connectivity index (χ0n) is 17.7. The Bertz CT molecular complexity index is 941. The lowest BCUT2D eigenvalue weighted by molar-refractivity contribution is -0.150. The minimum absolute atomic E-state index is 0.0232. The number of nitrogens with zero attached hydrogens (tertiary/aromatic N) is 1. The van der Waals surface area contributed by atoms with Crippen molar-refractivity contribution < 1.29 is 23.9 Å². The molecule has 10 heteroatoms. The number of allylic oxidation sites excluding steroid dienone is 1. The molecule has 1 aromatic carbocycles. The molecular formula is C21H24BrN3O5S. The van der Waals surface area contributed by atoms with Gasteiger partial charge >= 0.3 is 5.97 Å². The first-order chi connectivity index (χ1) is 14.7. The van der Waals surface area contributed by atoms with Gasteiger partial charge in [0, 0.05) is 12.5 Å². The molecule has 0 unspecified atom stereocenters. The summed E-state index contributed by atoms with van der Waals surface area (Å²) in [4.78, 5) is 37.3. The molecule has 2 amide bonds. The molecule has 166 valence electrons. The molecule has 0 saturated carbocycles. The second kappa shape index (κ2) is 11.2. The molecule has 0 spiro atoms. The van der Waals surface area contributed by atoms with Gasteiger partial charge in [0.25, 0.3) is 0 Å². The fourth-order valence-electron chi connectivity index (χ4n) is 3.06. The van der Waals surface area contributed by atoms with Gasteiger partial charge in [0.15, 0.2) is 0 Å². The van der Waals surface area contributed by atoms with Crippen LogP contribution in [0.4, 0.5) is 0 Å². The predicted molar refractivity (Wildman–Crippen MR) is 120 cm³/mol. The van der Waals surface area contributed by atoms with Gasteiger partial charge in [-0.05, 0) is 39.5 Å². The van der Waals surface area contributed by atoms with Gasteiger partial charge in [-0.25, -0.2) is 0 Å². The van der Waals surface area contributed by atoms with Crippen molar-refractivity contribution in [3.63, 3.8) is 0 Å². The summed E-state index contributed by atoms with van der Waals surface area (Å²) in [5, 5.41) is 15.6. The van der Waals surface area contributed by atoms with Crippen LogP contribution < -0.4 is 15.4 Å². The van der Waals surface area contributed by atoms with Crippen LogP contribution in [0.5, 0.6) is 5.75 Å². The highest BCUT2D eigenvalue weighted by molar-refractivity contribution is 9.10. The molecule has 1 aliphatic heterocycles. The summed E-state index contributed by atoms with van der Waals surface area (Å²) in [5.41, 5.74) is 0.755. The Kier molecular flexibility index (Phi) is 8.95. The highest BCUT2D eigenvalue weighted by Gasteiger charge is 2.44. The van der Waals surface area contributed by atoms with E-state index in [0.29, 0.717) is 28.2 Å². The monoisotopic (exact) mass is 509 g/mol. The SMILES string of the molecule is COC(=O)[C@@H]1C(=O)NC(SCC(=O)NCC(C)C)=C(C#N)[C@@H]1c1ccc(OC)c(Br)c1. The number of benzene rings is 1. The quantitative estimate of drug-likeness (QED) is 0.408. The smallest absolute Gasteiger partial charge is 0.319 e. The summed E-state index contributed by atoms with van der Waals surface area (Å²) in [5.74, 6) is -2.76. The molecule has 0 aliphatic carbocycles. The predicted octanol–water partition coefficient (Wildman–Crippen LogP) is 2.70. The minimum atomic E-state index is -1.24. The lowest BCUT2D eigenvalue weighted by Gasteiger charge is -2.31. The number of carbonyl (C=O) groups excluding carboxylic acids is 3. The van der Waals surface area contributed by atoms with E-state index in [4.69, 9.17) is 9.47 Å². The van der Waals surface area contributed by atoms with Crippen molar-refractivity contribution in [1.82, 2.24) is 10.6 Å². The van der Waals surface area contributed by atoms with Crippen molar-refractivity contribution >= 4 is 45.5 Å². The average Bonchev–Trinajstić information content (AvgIpc) is 2.74. The van der Waals surface area contributed by atoms with E-state index < -0.39 is 23.7 Å². The highest BCUT2D eigenvalue weighted by Crippen LogP contribution is 2.41. The van der Waals surface area contributed by atoms with Crippen LogP contribution in [0.15, 0.2) is 33.3 Å². The van der Waals surface area contributed by atoms with E-state index in [2.05, 4.69) is 32.6 Å². The molecular weight excluding hydrogens is 486 g/mol. The first-order valence-electron chi connectivity index (χ1n) is 9.49. The van der Waals surface area contributed by atoms with E-state index in [0.717, 1.165) is 11.8 Å². The molecule has 31 heavy (non-hydrogen) atoms. The molecule has 8 nitrogen and oxygen atoms in total. The Morgan fingerprint density at radius 3 is 2.61 bits per heavy atom. The van der Waals surface area contributed by atoms with Gasteiger partial charge in [-0.2, -0.15) is 5.26 Å². The van der Waals surface area contributed by atoms with E-state index in [1.54, 1.807) is 18.2 Å². The van der Waals surface area contributed by atoms with Gasteiger partial charge in [0.05, 0.1) is 41.1 Å². The minimum Gasteiger partial charge on any atom is -0.496 e. The zero-order chi connectivity index (χ0) is 23.1. The largest absolute Gasteiger partial charge is 0.496 e. The number of nitriles is 1. The molecule has 0 radical (unpaired) electrons. The molecule has 0 aromatic heterocycles. The third-order valence-corrected chi connectivity index (χ3v) is 6.21. The summed E-state index contributed by atoms with van der Waals surface area (Å²) in [7, 11) is 2.71. The number of methoxy groups -OCH3 is 2. The summed E-state index contributed by atoms with van der Waals surface area (Å²) in [6.07, 6.45) is 0. The fraction of sp³-hybridized carbons (Fsp3) is 0.429. The number of rotatable bonds is 8. The number of halogens is 1. The average molecular weight is 510 g/mol. The summed E-state index contributed by atoms with van der Waals surface area (Å²) < 4.78 is 10.7. The van der Waals surface area contributed by atoms with Gasteiger partial charge in [-0.1, -0.05) is 31.7 Å². The Hall–Kier alpha value is -2.51. The van der Waals surface area contributed by atoms with Crippen molar-refractivity contribution in [3.05, 3.63) is 38.8 Å². The number of nitrogens with one attached hydrogen (secondary N) is 2. The summed E-state index contributed by atoms with van der Waals surface area (Å²) >= 11 is 4.45. The van der Waals surface area contributed by atoms with Crippen molar-refractivity contribution in [2.24, 2.45) is 11.8 Å². The first-order valence-corrected chi connectivity index (χ1v) is 11.3. The number of ether oxygens (including phenoxy) is 2. The van der Waals surface area contributed by atoms with E-state index in [9.17, 15) is 19.6 Å². The standard InChI is InChI=1S/C21H24BrN3O5S/c1-11(2)9-24-16(26)10-31-20-13(8-23)17(18(19(27)25-20)21(28)30-4)12-5-6-15(29-3)14(22)7-12/h5-7,11,17-18H,9-10H2,1-4H3,(H,24,26)(H,25,27)/t17-,18-/m0/s1. The Morgan fingerprint density at radius 1 is 1.35 bits per heavy atom. The number of hydrogen-bond acceptors (Lipinski definition) is 7. The molecule has 2 N–H and O–H groups in total. The Morgan fingerprint density at radius 2 is 2.06 bits per heavy atom. The van der Waals surface area contributed by atoms with Crippen molar-refractivity contribution in [2.45, 2.75) is 19.8 Å². The number of esters is 1. The van der Waals surface area contributed by atoms with Crippen LogP contribution in [0.25, 0.3) is 0 Å². The molecule has 1 heterocycles. The van der Waals surface area contributed by atoms with Crippen molar-refractivity contribution in [1.29, 1.82) is 5.26 Å². The van der Waals surface area contributed by atoms with Crippen LogP contribution in [0.1, 0.15) is 25.3 Å². The molecule has 0 fully saturated rings. The normalized spacial score (nSPS) is 18.3. The number of amides is 2. The van der Waals surface area contributed by atoms with Crippen LogP contribution >= 0.6 is 27.7 Å². The topological polar surface area (TPSA) is 118 Å². The van der Waals surface area contributed by atoms with Crippen LogP contribution in [0.3, 0.4) is 0 Å². The van der Waals surface area contributed by atoms with E-state index >= 15 is 0 Å². The van der Waals surface area contributed by atoms with Gasteiger partial charge in [-0.3, -0.25) is 14.4 Å².